The average Bonchev–Trinajstić information content (AvgIpc) is 3.16. The Balaban J connectivity index is 1.37. The van der Waals surface area contributed by atoms with Crippen LogP contribution in [-0.4, -0.2) is 41.6 Å². The Morgan fingerprint density at radius 2 is 1.78 bits per heavy atom. The van der Waals surface area contributed by atoms with E-state index < -0.39 is 5.97 Å². The van der Waals surface area contributed by atoms with Crippen molar-refractivity contribution in [3.8, 4) is 0 Å². The largest absolute Gasteiger partial charge is 0.478 e. The summed E-state index contributed by atoms with van der Waals surface area (Å²) in [5, 5.41) is 8.92. The highest BCUT2D eigenvalue weighted by molar-refractivity contribution is 5.87. The van der Waals surface area contributed by atoms with Crippen molar-refractivity contribution in [1.82, 2.24) is 4.90 Å². The fourth-order valence-electron chi connectivity index (χ4n) is 3.34. The van der Waals surface area contributed by atoms with E-state index in [9.17, 15) is 9.59 Å². The van der Waals surface area contributed by atoms with Gasteiger partial charge in [-0.05, 0) is 36.1 Å². The fourth-order valence-corrected chi connectivity index (χ4v) is 3.34. The number of aryl methyl sites for hydroxylation is 1. The number of aromatic carboxylic acids is 1. The van der Waals surface area contributed by atoms with Crippen molar-refractivity contribution in [1.29, 1.82) is 0 Å². The van der Waals surface area contributed by atoms with Crippen molar-refractivity contribution in [3.05, 3.63) is 71.3 Å². The number of ether oxygens (including phenoxy) is 1. The van der Waals surface area contributed by atoms with E-state index in [0.717, 1.165) is 30.6 Å². The molecule has 1 aliphatic heterocycles. The number of hydrogen-bond acceptors (Lipinski definition) is 3. The van der Waals surface area contributed by atoms with Gasteiger partial charge in [-0.1, -0.05) is 42.5 Å². The van der Waals surface area contributed by atoms with Crippen LogP contribution in [0.3, 0.4) is 0 Å². The molecule has 1 atom stereocenters. The van der Waals surface area contributed by atoms with Gasteiger partial charge in [0.05, 0.1) is 18.8 Å². The monoisotopic (exact) mass is 367 g/mol. The molecule has 5 heteroatoms. The molecular formula is C22H25NO4. The normalized spacial score (nSPS) is 16.4. The Morgan fingerprint density at radius 1 is 1.04 bits per heavy atom. The molecule has 0 bridgehead atoms. The smallest absolute Gasteiger partial charge is 0.335 e. The van der Waals surface area contributed by atoms with E-state index in [1.54, 1.807) is 24.3 Å². The molecule has 1 fully saturated rings. The van der Waals surface area contributed by atoms with Gasteiger partial charge in [0, 0.05) is 25.4 Å². The van der Waals surface area contributed by atoms with Crippen LogP contribution in [0.15, 0.2) is 54.6 Å². The molecule has 0 aliphatic carbocycles. The lowest BCUT2D eigenvalue weighted by Gasteiger charge is -2.17. The molecule has 0 aromatic heterocycles. The molecule has 2 aromatic rings. The number of benzene rings is 2. The second-order valence-corrected chi connectivity index (χ2v) is 7.00. The summed E-state index contributed by atoms with van der Waals surface area (Å²) >= 11 is 0. The Bertz CT molecular complexity index is 758. The minimum atomic E-state index is -0.935. The third-order valence-electron chi connectivity index (χ3n) is 4.93. The van der Waals surface area contributed by atoms with Gasteiger partial charge in [-0.3, -0.25) is 4.79 Å². The fraction of sp³-hybridized carbons (Fsp3) is 0.364. The lowest BCUT2D eigenvalue weighted by molar-refractivity contribution is -0.130. The van der Waals surface area contributed by atoms with Crippen LogP contribution in [0.4, 0.5) is 0 Å². The number of carboxylic acid groups (broad SMARTS) is 1. The number of likely N-dealkylation sites (tertiary alicyclic amines) is 1. The summed E-state index contributed by atoms with van der Waals surface area (Å²) in [5.41, 5.74) is 2.41. The minimum Gasteiger partial charge on any atom is -0.478 e. The van der Waals surface area contributed by atoms with Crippen LogP contribution >= 0.6 is 0 Å². The molecule has 27 heavy (non-hydrogen) atoms. The molecule has 0 saturated carbocycles. The maximum absolute atomic E-state index is 12.4. The molecule has 1 unspecified atom stereocenters. The van der Waals surface area contributed by atoms with Crippen molar-refractivity contribution in [2.75, 3.05) is 19.7 Å². The van der Waals surface area contributed by atoms with Crippen molar-refractivity contribution in [2.45, 2.75) is 25.9 Å². The molecule has 1 amide bonds. The van der Waals surface area contributed by atoms with E-state index in [4.69, 9.17) is 9.84 Å². The third kappa shape index (κ3) is 5.66. The van der Waals surface area contributed by atoms with Gasteiger partial charge in [0.25, 0.3) is 0 Å². The molecule has 0 spiro atoms. The number of rotatable bonds is 8. The lowest BCUT2D eigenvalue weighted by Crippen LogP contribution is -2.29. The van der Waals surface area contributed by atoms with Crippen LogP contribution < -0.4 is 0 Å². The lowest BCUT2D eigenvalue weighted by atomic mass is 10.1. The summed E-state index contributed by atoms with van der Waals surface area (Å²) in [4.78, 5) is 25.2. The molecule has 2 aromatic carbocycles. The predicted octanol–water partition coefficient (Wildman–Crippen LogP) is 3.38. The van der Waals surface area contributed by atoms with E-state index in [1.807, 2.05) is 35.2 Å². The zero-order valence-corrected chi connectivity index (χ0v) is 15.3. The highest BCUT2D eigenvalue weighted by Crippen LogP contribution is 2.19. The van der Waals surface area contributed by atoms with Gasteiger partial charge >= 0.3 is 5.97 Å². The van der Waals surface area contributed by atoms with Crippen LogP contribution in [0.5, 0.6) is 0 Å². The van der Waals surface area contributed by atoms with E-state index in [2.05, 4.69) is 0 Å². The molecule has 5 nitrogen and oxygen atoms in total. The van der Waals surface area contributed by atoms with Crippen LogP contribution in [0.25, 0.3) is 0 Å². The first-order valence-corrected chi connectivity index (χ1v) is 9.33. The van der Waals surface area contributed by atoms with Gasteiger partial charge in [-0.15, -0.1) is 0 Å². The first-order valence-electron chi connectivity index (χ1n) is 9.33. The summed E-state index contributed by atoms with van der Waals surface area (Å²) in [6.45, 7) is 2.83. The van der Waals surface area contributed by atoms with Gasteiger partial charge in [0.15, 0.2) is 0 Å². The van der Waals surface area contributed by atoms with Crippen molar-refractivity contribution < 1.29 is 19.4 Å². The number of nitrogens with zero attached hydrogens (tertiary/aromatic N) is 1. The average molecular weight is 367 g/mol. The van der Waals surface area contributed by atoms with Crippen molar-refractivity contribution in [3.63, 3.8) is 0 Å². The first kappa shape index (κ1) is 19.1. The Morgan fingerprint density at radius 3 is 2.48 bits per heavy atom. The van der Waals surface area contributed by atoms with Gasteiger partial charge < -0.3 is 14.7 Å². The third-order valence-corrected chi connectivity index (χ3v) is 4.93. The Labute approximate surface area is 159 Å². The first-order chi connectivity index (χ1) is 13.1. The molecule has 0 radical (unpaired) electrons. The Kier molecular flexibility index (Phi) is 6.60. The van der Waals surface area contributed by atoms with Gasteiger partial charge in [0.2, 0.25) is 5.91 Å². The van der Waals surface area contributed by atoms with Crippen molar-refractivity contribution in [2.24, 2.45) is 5.92 Å². The number of amides is 1. The summed E-state index contributed by atoms with van der Waals surface area (Å²) in [7, 11) is 0. The number of carbonyl (C=O) groups is 2. The van der Waals surface area contributed by atoms with Crippen LogP contribution in [0.1, 0.15) is 34.3 Å². The van der Waals surface area contributed by atoms with Crippen LogP contribution in [0.2, 0.25) is 0 Å². The predicted molar refractivity (Wildman–Crippen MR) is 103 cm³/mol. The summed E-state index contributed by atoms with van der Waals surface area (Å²) in [6.07, 6.45) is 2.06. The summed E-state index contributed by atoms with van der Waals surface area (Å²) in [6, 6.07) is 16.8. The summed E-state index contributed by atoms with van der Waals surface area (Å²) in [5.74, 6) is -0.384. The maximum Gasteiger partial charge on any atom is 0.335 e. The zero-order chi connectivity index (χ0) is 19.1. The molecule has 3 rings (SSSR count). The highest BCUT2D eigenvalue weighted by Gasteiger charge is 2.26. The number of carbonyl (C=O) groups excluding carboxylic acids is 1. The van der Waals surface area contributed by atoms with E-state index in [-0.39, 0.29) is 11.5 Å². The molecule has 142 valence electrons. The van der Waals surface area contributed by atoms with E-state index in [0.29, 0.717) is 32.0 Å². The molecule has 1 saturated heterocycles. The van der Waals surface area contributed by atoms with Crippen LogP contribution in [0, 0.1) is 5.92 Å². The van der Waals surface area contributed by atoms with E-state index >= 15 is 0 Å². The second-order valence-electron chi connectivity index (χ2n) is 7.00. The second kappa shape index (κ2) is 9.33. The highest BCUT2D eigenvalue weighted by atomic mass is 16.5. The molecule has 1 heterocycles. The van der Waals surface area contributed by atoms with E-state index in [1.165, 1.54) is 0 Å². The SMILES string of the molecule is O=C(O)c1ccc(CCC(=O)N2CCC(COCc3ccccc3)C2)cc1. The Hall–Kier alpha value is -2.66. The standard InChI is InChI=1S/C22H25NO4/c24-21(11-8-17-6-9-20(10-7-17)22(25)26)23-13-12-19(14-23)16-27-15-18-4-2-1-3-5-18/h1-7,9-10,19H,8,11-16H2,(H,25,26). The number of hydrogen-bond donors (Lipinski definition) is 1. The quantitative estimate of drug-likeness (QED) is 0.777. The molecular weight excluding hydrogens is 342 g/mol. The van der Waals surface area contributed by atoms with Gasteiger partial charge in [-0.25, -0.2) is 4.79 Å². The molecule has 1 aliphatic rings. The minimum absolute atomic E-state index is 0.155. The molecule has 1 N–H and O–H groups in total. The topological polar surface area (TPSA) is 66.8 Å². The van der Waals surface area contributed by atoms with Gasteiger partial charge in [-0.2, -0.15) is 0 Å². The van der Waals surface area contributed by atoms with Gasteiger partial charge in [0.1, 0.15) is 0 Å². The summed E-state index contributed by atoms with van der Waals surface area (Å²) < 4.78 is 5.81. The number of carboxylic acids is 1. The van der Waals surface area contributed by atoms with Crippen LogP contribution in [-0.2, 0) is 22.6 Å². The maximum atomic E-state index is 12.4. The zero-order valence-electron chi connectivity index (χ0n) is 15.3. The van der Waals surface area contributed by atoms with Crippen molar-refractivity contribution >= 4 is 11.9 Å².